The number of para-hydroxylation sites is 1. The molecule has 0 saturated heterocycles. The molecule has 1 aliphatic rings. The molecule has 0 fully saturated rings. The highest BCUT2D eigenvalue weighted by Crippen LogP contribution is 2.42. The van der Waals surface area contributed by atoms with Crippen molar-refractivity contribution in [3.05, 3.63) is 104 Å². The number of ether oxygens (including phenoxy) is 2. The highest BCUT2D eigenvalue weighted by molar-refractivity contribution is 6.00. The highest BCUT2D eigenvalue weighted by atomic mass is 16.6. The van der Waals surface area contributed by atoms with E-state index in [1.165, 1.54) is 18.2 Å². The standard InChI is InChI=1S/C27H25N3O6/c1-18-23(26(31)35-16-8-12-20-10-4-3-5-11-20)25(21-13-6-7-14-22(21)30(33)34)24(19(2)29-18)27(32)36-17-9-15-28/h3-8,10-14,25,29H,9,16-17H2,1-2H3/b12-8+. The van der Waals surface area contributed by atoms with Crippen molar-refractivity contribution in [2.45, 2.75) is 26.2 Å². The molecule has 0 amide bonds. The SMILES string of the molecule is CC1=C(C(=O)OC/C=C/c2ccccc2)C(c2ccccc2[N+](=O)[O-])C(C(=O)OCCC#N)=C(C)N1. The fraction of sp³-hybridized carbons (Fsp3) is 0.222. The molecule has 0 spiro atoms. The number of nitrogens with one attached hydrogen (secondary N) is 1. The first kappa shape index (κ1) is 25.9. The van der Waals surface area contributed by atoms with Crippen molar-refractivity contribution in [1.82, 2.24) is 5.32 Å². The molecule has 184 valence electrons. The van der Waals surface area contributed by atoms with E-state index < -0.39 is 22.8 Å². The average molecular weight is 488 g/mol. The van der Waals surface area contributed by atoms with Gasteiger partial charge in [-0.2, -0.15) is 5.26 Å². The summed E-state index contributed by atoms with van der Waals surface area (Å²) < 4.78 is 10.7. The number of carbonyl (C=O) groups is 2. The van der Waals surface area contributed by atoms with E-state index in [9.17, 15) is 19.7 Å². The van der Waals surface area contributed by atoms with Gasteiger partial charge in [0.1, 0.15) is 13.2 Å². The van der Waals surface area contributed by atoms with Gasteiger partial charge in [0.15, 0.2) is 0 Å². The van der Waals surface area contributed by atoms with Gasteiger partial charge in [0.2, 0.25) is 0 Å². The third kappa shape index (κ3) is 6.04. The molecule has 2 aromatic rings. The Hall–Kier alpha value is -4.71. The molecular weight excluding hydrogens is 462 g/mol. The second-order valence-electron chi connectivity index (χ2n) is 7.91. The van der Waals surface area contributed by atoms with Gasteiger partial charge in [0.05, 0.1) is 34.5 Å². The number of allylic oxidation sites excluding steroid dienone is 2. The molecule has 9 nitrogen and oxygen atoms in total. The molecule has 2 aromatic carbocycles. The molecule has 1 atom stereocenters. The maximum atomic E-state index is 13.3. The van der Waals surface area contributed by atoms with E-state index >= 15 is 0 Å². The van der Waals surface area contributed by atoms with Crippen LogP contribution < -0.4 is 5.32 Å². The van der Waals surface area contributed by atoms with Gasteiger partial charge in [-0.25, -0.2) is 9.59 Å². The second-order valence-corrected chi connectivity index (χ2v) is 7.91. The minimum Gasteiger partial charge on any atom is -0.461 e. The number of hydrogen-bond donors (Lipinski definition) is 1. The van der Waals surface area contributed by atoms with Gasteiger partial charge in [-0.15, -0.1) is 0 Å². The summed E-state index contributed by atoms with van der Waals surface area (Å²) in [6, 6.07) is 17.3. The summed E-state index contributed by atoms with van der Waals surface area (Å²) in [6.07, 6.45) is 3.46. The highest BCUT2D eigenvalue weighted by Gasteiger charge is 2.40. The lowest BCUT2D eigenvalue weighted by atomic mass is 9.79. The Balaban J connectivity index is 1.98. The number of nitro benzene ring substituents is 1. The van der Waals surface area contributed by atoms with Crippen molar-refractivity contribution in [3.63, 3.8) is 0 Å². The molecule has 0 aromatic heterocycles. The number of benzene rings is 2. The summed E-state index contributed by atoms with van der Waals surface area (Å²) in [4.78, 5) is 37.6. The largest absolute Gasteiger partial charge is 0.461 e. The molecular formula is C27H25N3O6. The summed E-state index contributed by atoms with van der Waals surface area (Å²) in [5.41, 5.74) is 1.74. The van der Waals surface area contributed by atoms with Crippen molar-refractivity contribution < 1.29 is 24.0 Å². The van der Waals surface area contributed by atoms with Crippen LogP contribution in [-0.4, -0.2) is 30.1 Å². The minimum absolute atomic E-state index is 0.0147. The number of esters is 2. The molecule has 1 N–H and O–H groups in total. The fourth-order valence-electron chi connectivity index (χ4n) is 3.96. The fourth-order valence-corrected chi connectivity index (χ4v) is 3.96. The molecule has 0 saturated carbocycles. The number of nitriles is 1. The van der Waals surface area contributed by atoms with E-state index in [-0.39, 0.29) is 42.0 Å². The summed E-state index contributed by atoms with van der Waals surface area (Å²) in [5, 5.41) is 23.6. The number of carbonyl (C=O) groups excluding carboxylic acids is 2. The van der Waals surface area contributed by atoms with Gasteiger partial charge in [-0.3, -0.25) is 10.1 Å². The first-order valence-electron chi connectivity index (χ1n) is 11.2. The molecule has 1 unspecified atom stereocenters. The van der Waals surface area contributed by atoms with Crippen molar-refractivity contribution in [1.29, 1.82) is 5.26 Å². The minimum atomic E-state index is -1.10. The van der Waals surface area contributed by atoms with Gasteiger partial charge >= 0.3 is 11.9 Å². The van der Waals surface area contributed by atoms with Crippen molar-refractivity contribution in [2.24, 2.45) is 0 Å². The summed E-state index contributed by atoms with van der Waals surface area (Å²) in [6.45, 7) is 3.07. The van der Waals surface area contributed by atoms with Crippen molar-refractivity contribution in [3.8, 4) is 6.07 Å². The second kappa shape index (κ2) is 12.1. The van der Waals surface area contributed by atoms with E-state index in [0.717, 1.165) is 5.56 Å². The normalized spacial score (nSPS) is 15.3. The topological polar surface area (TPSA) is 132 Å². The summed E-state index contributed by atoms with van der Waals surface area (Å²) >= 11 is 0. The molecule has 3 rings (SSSR count). The summed E-state index contributed by atoms with van der Waals surface area (Å²) in [5.74, 6) is -2.61. The van der Waals surface area contributed by atoms with E-state index in [2.05, 4.69) is 5.32 Å². The van der Waals surface area contributed by atoms with Crippen LogP contribution in [0.25, 0.3) is 6.08 Å². The number of nitro groups is 1. The quantitative estimate of drug-likeness (QED) is 0.236. The van der Waals surface area contributed by atoms with Crippen LogP contribution in [0, 0.1) is 21.4 Å². The summed E-state index contributed by atoms with van der Waals surface area (Å²) in [7, 11) is 0. The van der Waals surface area contributed by atoms with E-state index in [1.54, 1.807) is 32.1 Å². The lowest BCUT2D eigenvalue weighted by Gasteiger charge is -2.30. The van der Waals surface area contributed by atoms with Gasteiger partial charge in [0.25, 0.3) is 5.69 Å². The van der Waals surface area contributed by atoms with Crippen LogP contribution in [0.1, 0.15) is 37.3 Å². The Morgan fingerprint density at radius 3 is 2.28 bits per heavy atom. The molecule has 1 aliphatic heterocycles. The third-order valence-corrected chi connectivity index (χ3v) is 5.51. The number of rotatable bonds is 9. The lowest BCUT2D eigenvalue weighted by molar-refractivity contribution is -0.385. The maximum Gasteiger partial charge on any atom is 0.337 e. The molecule has 0 aliphatic carbocycles. The van der Waals surface area contributed by atoms with Crippen LogP contribution in [0.3, 0.4) is 0 Å². The smallest absolute Gasteiger partial charge is 0.337 e. The number of dihydropyridines is 1. The average Bonchev–Trinajstić information content (AvgIpc) is 2.86. The third-order valence-electron chi connectivity index (χ3n) is 5.51. The van der Waals surface area contributed by atoms with Crippen LogP contribution >= 0.6 is 0 Å². The maximum absolute atomic E-state index is 13.3. The van der Waals surface area contributed by atoms with Gasteiger partial charge < -0.3 is 14.8 Å². The Labute approximate surface area is 208 Å². The monoisotopic (exact) mass is 487 g/mol. The first-order valence-corrected chi connectivity index (χ1v) is 11.2. The predicted molar refractivity (Wildman–Crippen MR) is 132 cm³/mol. The van der Waals surface area contributed by atoms with E-state index in [1.807, 2.05) is 36.4 Å². The number of hydrogen-bond acceptors (Lipinski definition) is 8. The Morgan fingerprint density at radius 1 is 1.03 bits per heavy atom. The van der Waals surface area contributed by atoms with Gasteiger partial charge in [-0.1, -0.05) is 54.6 Å². The Bertz CT molecular complexity index is 1290. The van der Waals surface area contributed by atoms with Crippen LogP contribution in [0.2, 0.25) is 0 Å². The zero-order valence-electron chi connectivity index (χ0n) is 19.9. The molecule has 1 heterocycles. The Morgan fingerprint density at radius 2 is 1.64 bits per heavy atom. The Kier molecular flexibility index (Phi) is 8.73. The molecule has 0 radical (unpaired) electrons. The zero-order chi connectivity index (χ0) is 26.1. The van der Waals surface area contributed by atoms with Crippen molar-refractivity contribution in [2.75, 3.05) is 13.2 Å². The number of nitrogens with zero attached hydrogens (tertiary/aromatic N) is 2. The zero-order valence-corrected chi connectivity index (χ0v) is 19.9. The van der Waals surface area contributed by atoms with E-state index in [0.29, 0.717) is 11.4 Å². The van der Waals surface area contributed by atoms with Crippen LogP contribution in [0.4, 0.5) is 5.69 Å². The molecule has 9 heteroatoms. The van der Waals surface area contributed by atoms with E-state index in [4.69, 9.17) is 14.7 Å². The molecule has 0 bridgehead atoms. The molecule has 36 heavy (non-hydrogen) atoms. The van der Waals surface area contributed by atoms with Gasteiger partial charge in [0, 0.05) is 23.0 Å². The first-order chi connectivity index (χ1) is 17.3. The predicted octanol–water partition coefficient (Wildman–Crippen LogP) is 4.54. The lowest BCUT2D eigenvalue weighted by Crippen LogP contribution is -2.33. The van der Waals surface area contributed by atoms with Crippen LogP contribution in [-0.2, 0) is 19.1 Å². The van der Waals surface area contributed by atoms with Crippen LogP contribution in [0.5, 0.6) is 0 Å². The van der Waals surface area contributed by atoms with Crippen molar-refractivity contribution >= 4 is 23.7 Å². The van der Waals surface area contributed by atoms with Crippen LogP contribution in [0.15, 0.2) is 83.2 Å². The van der Waals surface area contributed by atoms with Gasteiger partial charge in [-0.05, 0) is 25.5 Å².